The van der Waals surface area contributed by atoms with Crippen molar-refractivity contribution in [3.63, 3.8) is 0 Å². The SMILES string of the molecule is COc1ccc(-c2cc3c(cc2F)[C@H](N(C(=O)O)[C@@H]2CN4CCC2CC4)C(C)(C)C3)c(Cl)c1. The number of carboxylic acid groups (broad SMARTS) is 1. The molecule has 2 aromatic rings. The Morgan fingerprint density at radius 1 is 1.21 bits per heavy atom. The maximum absolute atomic E-state index is 15.5. The minimum Gasteiger partial charge on any atom is -0.497 e. The summed E-state index contributed by atoms with van der Waals surface area (Å²) in [6, 6.07) is 8.17. The Labute approximate surface area is 199 Å². The normalized spacial score (nSPS) is 27.3. The summed E-state index contributed by atoms with van der Waals surface area (Å²) in [6.07, 6.45) is 1.82. The molecule has 5 nitrogen and oxygen atoms in total. The van der Waals surface area contributed by atoms with E-state index in [1.165, 1.54) is 0 Å². The van der Waals surface area contributed by atoms with Crippen LogP contribution in [-0.2, 0) is 6.42 Å². The lowest BCUT2D eigenvalue weighted by molar-refractivity contribution is -0.0267. The molecule has 4 aliphatic rings. The maximum atomic E-state index is 15.5. The first-order valence-electron chi connectivity index (χ1n) is 11.6. The minimum atomic E-state index is -0.914. The van der Waals surface area contributed by atoms with Crippen molar-refractivity contribution in [3.8, 4) is 16.9 Å². The molecule has 1 N–H and O–H groups in total. The number of halogens is 2. The number of nitrogens with zero attached hydrogens (tertiary/aromatic N) is 2. The van der Waals surface area contributed by atoms with Gasteiger partial charge in [0, 0.05) is 17.7 Å². The van der Waals surface area contributed by atoms with Crippen LogP contribution >= 0.6 is 11.6 Å². The molecule has 33 heavy (non-hydrogen) atoms. The van der Waals surface area contributed by atoms with Gasteiger partial charge in [-0.3, -0.25) is 4.90 Å². The fourth-order valence-electron chi connectivity index (χ4n) is 6.32. The highest BCUT2D eigenvalue weighted by Crippen LogP contribution is 2.52. The van der Waals surface area contributed by atoms with Crippen molar-refractivity contribution in [2.45, 2.75) is 45.2 Å². The number of carbonyl (C=O) groups is 1. The third kappa shape index (κ3) is 3.77. The van der Waals surface area contributed by atoms with Gasteiger partial charge in [0.15, 0.2) is 0 Å². The van der Waals surface area contributed by atoms with Crippen molar-refractivity contribution in [1.29, 1.82) is 0 Å². The van der Waals surface area contributed by atoms with E-state index in [1.807, 2.05) is 6.07 Å². The van der Waals surface area contributed by atoms with E-state index < -0.39 is 6.09 Å². The predicted molar refractivity (Wildman–Crippen MR) is 126 cm³/mol. The number of piperidine rings is 3. The third-order valence-corrected chi connectivity index (χ3v) is 8.17. The Morgan fingerprint density at radius 2 is 1.94 bits per heavy atom. The summed E-state index contributed by atoms with van der Waals surface area (Å²) in [7, 11) is 1.56. The zero-order chi connectivity index (χ0) is 23.5. The molecule has 176 valence electrons. The van der Waals surface area contributed by atoms with Crippen LogP contribution in [0.4, 0.5) is 9.18 Å². The number of hydrogen-bond donors (Lipinski definition) is 1. The van der Waals surface area contributed by atoms with Gasteiger partial charge in [0.05, 0.1) is 24.2 Å². The van der Waals surface area contributed by atoms with Gasteiger partial charge in [-0.2, -0.15) is 0 Å². The zero-order valence-electron chi connectivity index (χ0n) is 19.3. The van der Waals surface area contributed by atoms with E-state index in [0.717, 1.165) is 43.6 Å². The van der Waals surface area contributed by atoms with Gasteiger partial charge in [0.2, 0.25) is 0 Å². The van der Waals surface area contributed by atoms with E-state index in [4.69, 9.17) is 16.3 Å². The Hall–Kier alpha value is -2.31. The molecule has 0 unspecified atom stereocenters. The molecule has 3 aliphatic heterocycles. The van der Waals surface area contributed by atoms with Crippen molar-refractivity contribution >= 4 is 17.7 Å². The molecular formula is C26H30ClFN2O3. The first-order chi connectivity index (χ1) is 15.7. The van der Waals surface area contributed by atoms with Gasteiger partial charge in [-0.05, 0) is 85.1 Å². The Morgan fingerprint density at radius 3 is 2.52 bits per heavy atom. The predicted octanol–water partition coefficient (Wildman–Crippen LogP) is 5.85. The summed E-state index contributed by atoms with van der Waals surface area (Å²) in [5, 5.41) is 10.8. The first kappa shape index (κ1) is 22.5. The summed E-state index contributed by atoms with van der Waals surface area (Å²) in [4.78, 5) is 16.6. The molecule has 3 heterocycles. The Bertz CT molecular complexity index is 1100. The molecule has 2 bridgehead atoms. The van der Waals surface area contributed by atoms with Gasteiger partial charge < -0.3 is 14.7 Å². The van der Waals surface area contributed by atoms with Crippen molar-refractivity contribution in [2.75, 3.05) is 26.7 Å². The van der Waals surface area contributed by atoms with Crippen molar-refractivity contribution in [3.05, 3.63) is 52.3 Å². The van der Waals surface area contributed by atoms with Gasteiger partial charge in [0.1, 0.15) is 11.6 Å². The fourth-order valence-corrected chi connectivity index (χ4v) is 6.59. The summed E-state index contributed by atoms with van der Waals surface area (Å²) in [5.74, 6) is 0.595. The molecule has 6 rings (SSSR count). The lowest BCUT2D eigenvalue weighted by Crippen LogP contribution is -2.60. The van der Waals surface area contributed by atoms with Crippen LogP contribution < -0.4 is 4.74 Å². The summed E-state index contributed by atoms with van der Waals surface area (Å²) < 4.78 is 20.7. The van der Waals surface area contributed by atoms with Crippen LogP contribution in [0, 0.1) is 17.2 Å². The molecule has 3 fully saturated rings. The van der Waals surface area contributed by atoms with Crippen molar-refractivity contribution in [2.24, 2.45) is 11.3 Å². The fraction of sp³-hybridized carbons (Fsp3) is 0.500. The molecule has 0 saturated carbocycles. The minimum absolute atomic E-state index is 0.0565. The van der Waals surface area contributed by atoms with E-state index in [9.17, 15) is 9.90 Å². The average Bonchev–Trinajstić information content (AvgIpc) is 3.03. The summed E-state index contributed by atoms with van der Waals surface area (Å²) in [6.45, 7) is 7.03. The Balaban J connectivity index is 1.57. The topological polar surface area (TPSA) is 53.0 Å². The molecule has 2 atom stereocenters. The quantitative estimate of drug-likeness (QED) is 0.606. The van der Waals surface area contributed by atoms with Gasteiger partial charge in [-0.25, -0.2) is 9.18 Å². The maximum Gasteiger partial charge on any atom is 0.408 e. The molecule has 2 aromatic carbocycles. The van der Waals surface area contributed by atoms with Crippen LogP contribution in [0.3, 0.4) is 0 Å². The highest BCUT2D eigenvalue weighted by molar-refractivity contribution is 6.33. The van der Waals surface area contributed by atoms with Crippen LogP contribution in [0.2, 0.25) is 5.02 Å². The number of rotatable bonds is 4. The Kier molecular flexibility index (Phi) is 5.57. The smallest absolute Gasteiger partial charge is 0.408 e. The van der Waals surface area contributed by atoms with E-state index in [-0.39, 0.29) is 23.3 Å². The van der Waals surface area contributed by atoms with Crippen LogP contribution in [0.15, 0.2) is 30.3 Å². The van der Waals surface area contributed by atoms with Crippen LogP contribution in [0.5, 0.6) is 5.75 Å². The lowest BCUT2D eigenvalue weighted by Gasteiger charge is -2.51. The zero-order valence-corrected chi connectivity index (χ0v) is 20.0. The third-order valence-electron chi connectivity index (χ3n) is 7.85. The molecule has 0 spiro atoms. The highest BCUT2D eigenvalue weighted by atomic mass is 35.5. The van der Waals surface area contributed by atoms with E-state index in [2.05, 4.69) is 18.7 Å². The lowest BCUT2D eigenvalue weighted by atomic mass is 9.79. The van der Waals surface area contributed by atoms with Crippen LogP contribution in [0.1, 0.15) is 43.9 Å². The van der Waals surface area contributed by atoms with E-state index in [1.54, 1.807) is 36.3 Å². The number of amides is 1. The first-order valence-corrected chi connectivity index (χ1v) is 12.0. The molecule has 3 saturated heterocycles. The monoisotopic (exact) mass is 472 g/mol. The van der Waals surface area contributed by atoms with Gasteiger partial charge in [-0.1, -0.05) is 25.4 Å². The molecular weight excluding hydrogens is 443 g/mol. The number of hydrogen-bond acceptors (Lipinski definition) is 3. The molecule has 1 amide bonds. The molecule has 0 aromatic heterocycles. The summed E-state index contributed by atoms with van der Waals surface area (Å²) >= 11 is 6.44. The van der Waals surface area contributed by atoms with Gasteiger partial charge >= 0.3 is 6.09 Å². The molecule has 7 heteroatoms. The number of methoxy groups -OCH3 is 1. The largest absolute Gasteiger partial charge is 0.497 e. The highest BCUT2D eigenvalue weighted by Gasteiger charge is 2.50. The second-order valence-electron chi connectivity index (χ2n) is 10.3. The van der Waals surface area contributed by atoms with Crippen molar-refractivity contribution < 1.29 is 19.0 Å². The second-order valence-corrected chi connectivity index (χ2v) is 10.7. The van der Waals surface area contributed by atoms with E-state index in [0.29, 0.717) is 34.2 Å². The number of ether oxygens (including phenoxy) is 1. The second kappa shape index (κ2) is 8.17. The molecule has 1 aliphatic carbocycles. The van der Waals surface area contributed by atoms with Crippen molar-refractivity contribution in [1.82, 2.24) is 9.80 Å². The molecule has 0 radical (unpaired) electrons. The number of fused-ring (bicyclic) bond motifs is 4. The van der Waals surface area contributed by atoms with Crippen LogP contribution in [0.25, 0.3) is 11.1 Å². The van der Waals surface area contributed by atoms with Gasteiger partial charge in [0.25, 0.3) is 0 Å². The summed E-state index contributed by atoms with van der Waals surface area (Å²) in [5.41, 5.74) is 2.46. The average molecular weight is 473 g/mol. The standard InChI is InChI=1S/C26H30ClFN2O3/c1-26(2)13-16-10-20(18-5-4-17(33-3)11-21(18)27)22(28)12-19(16)24(26)30(25(31)32)23-14-29-8-6-15(23)7-9-29/h4-5,10-12,15,23-24H,6-9,13-14H2,1-3H3,(H,31,32)/t23-,24+/m1/s1. The van der Waals surface area contributed by atoms with Crippen LogP contribution in [-0.4, -0.2) is 53.8 Å². The van der Waals surface area contributed by atoms with Gasteiger partial charge in [-0.15, -0.1) is 0 Å². The number of benzene rings is 2. The van der Waals surface area contributed by atoms with E-state index >= 15 is 4.39 Å².